The number of rotatable bonds is 9. The van der Waals surface area contributed by atoms with Crippen LogP contribution in [0, 0.1) is 10.7 Å². The highest BCUT2D eigenvalue weighted by molar-refractivity contribution is 14.1. The minimum Gasteiger partial charge on any atom is -0.352 e. The fourth-order valence-electron chi connectivity index (χ4n) is 2.04. The third-order valence-electron chi connectivity index (χ3n) is 3.14. The molecule has 0 unspecified atom stereocenters. The van der Waals surface area contributed by atoms with E-state index in [-0.39, 0.29) is 12.3 Å². The largest absolute Gasteiger partial charge is 0.352 e. The summed E-state index contributed by atoms with van der Waals surface area (Å²) < 4.78 is 58.8. The molecular formula is C14H16F2I3NO4S. The van der Waals surface area contributed by atoms with Crippen LogP contribution < -0.4 is 5.32 Å². The zero-order chi connectivity index (χ0) is 19.3. The van der Waals surface area contributed by atoms with Gasteiger partial charge in [0.2, 0.25) is 0 Å². The highest BCUT2D eigenvalue weighted by Crippen LogP contribution is 2.24. The molecule has 11 heteroatoms. The van der Waals surface area contributed by atoms with Gasteiger partial charge >= 0.3 is 0 Å². The van der Waals surface area contributed by atoms with Gasteiger partial charge in [-0.05, 0) is 92.7 Å². The number of hydrogen-bond donors (Lipinski definition) is 2. The van der Waals surface area contributed by atoms with Crippen LogP contribution in [0.25, 0.3) is 0 Å². The number of carbonyl (C=O) groups excluding carboxylic acids is 1. The number of unbranched alkanes of at least 4 members (excludes halogenated alkanes) is 2. The highest BCUT2D eigenvalue weighted by atomic mass is 127. The first-order valence-corrected chi connectivity index (χ1v) is 12.0. The van der Waals surface area contributed by atoms with Crippen molar-refractivity contribution in [1.82, 2.24) is 5.32 Å². The molecule has 1 aromatic rings. The van der Waals surface area contributed by atoms with Crippen molar-refractivity contribution < 1.29 is 26.5 Å². The molecule has 142 valence electrons. The molecule has 0 heterocycles. The van der Waals surface area contributed by atoms with Crippen LogP contribution in [0.15, 0.2) is 12.1 Å². The van der Waals surface area contributed by atoms with E-state index in [2.05, 4.69) is 73.1 Å². The van der Waals surface area contributed by atoms with E-state index in [1.54, 1.807) is 6.07 Å². The third-order valence-corrected chi connectivity index (χ3v) is 7.59. The monoisotopic (exact) mass is 713 g/mol. The van der Waals surface area contributed by atoms with Gasteiger partial charge in [-0.15, -0.1) is 0 Å². The van der Waals surface area contributed by atoms with E-state index in [4.69, 9.17) is 4.55 Å². The van der Waals surface area contributed by atoms with Crippen molar-refractivity contribution in [2.45, 2.75) is 31.6 Å². The van der Waals surface area contributed by atoms with Gasteiger partial charge in [-0.2, -0.15) is 8.42 Å². The van der Waals surface area contributed by atoms with Gasteiger partial charge in [-0.25, -0.2) is 8.78 Å². The zero-order valence-corrected chi connectivity index (χ0v) is 20.2. The zero-order valence-electron chi connectivity index (χ0n) is 12.9. The second kappa shape index (κ2) is 10.3. The molecule has 0 spiro atoms. The van der Waals surface area contributed by atoms with Gasteiger partial charge in [0.15, 0.2) is 0 Å². The Labute approximate surface area is 186 Å². The maximum Gasteiger partial charge on any atom is 0.270 e. The molecule has 0 aromatic heterocycles. The third kappa shape index (κ3) is 9.41. The predicted molar refractivity (Wildman–Crippen MR) is 117 cm³/mol. The number of carbonyl (C=O) groups is 1. The van der Waals surface area contributed by atoms with Crippen LogP contribution in [0.4, 0.5) is 8.78 Å². The molecule has 25 heavy (non-hydrogen) atoms. The van der Waals surface area contributed by atoms with Crippen LogP contribution in [-0.4, -0.2) is 37.1 Å². The number of amides is 1. The lowest BCUT2D eigenvalue weighted by Crippen LogP contribution is -2.28. The highest BCUT2D eigenvalue weighted by Gasteiger charge is 2.33. The standard InChI is InChI=1S/C14H16F2I3NO4S/c15-14(16,8-25(22,23)24)4-2-1-3-5-20-13(21)10-6-9(17)7-11(18)12(10)19/h6-7H,1-5,8H2,(H,20,21)(H,22,23,24). The van der Waals surface area contributed by atoms with E-state index in [9.17, 15) is 22.0 Å². The maximum atomic E-state index is 13.3. The Morgan fingerprint density at radius 3 is 2.40 bits per heavy atom. The molecule has 0 atom stereocenters. The summed E-state index contributed by atoms with van der Waals surface area (Å²) in [5.41, 5.74) is 0.580. The van der Waals surface area contributed by atoms with Crippen molar-refractivity contribution in [1.29, 1.82) is 0 Å². The summed E-state index contributed by atoms with van der Waals surface area (Å²) in [5.74, 6) is -5.21. The molecule has 0 radical (unpaired) electrons. The SMILES string of the molecule is O=C(NCCCCCC(F)(F)CS(=O)(=O)O)c1cc(I)cc(I)c1I. The lowest BCUT2D eigenvalue weighted by atomic mass is 10.1. The van der Waals surface area contributed by atoms with E-state index in [0.717, 1.165) is 10.7 Å². The lowest BCUT2D eigenvalue weighted by Gasteiger charge is -2.14. The number of halogens is 5. The van der Waals surface area contributed by atoms with Crippen LogP contribution >= 0.6 is 67.8 Å². The molecular weight excluding hydrogens is 697 g/mol. The van der Waals surface area contributed by atoms with Crippen LogP contribution in [-0.2, 0) is 10.1 Å². The van der Waals surface area contributed by atoms with Gasteiger partial charge in [0, 0.05) is 23.7 Å². The summed E-state index contributed by atoms with van der Waals surface area (Å²) in [6.45, 7) is 0.348. The molecule has 0 fully saturated rings. The number of nitrogens with one attached hydrogen (secondary N) is 1. The molecule has 0 bridgehead atoms. The Bertz CT molecular complexity index is 729. The van der Waals surface area contributed by atoms with Crippen LogP contribution in [0.1, 0.15) is 36.0 Å². The molecule has 5 nitrogen and oxygen atoms in total. The van der Waals surface area contributed by atoms with Gasteiger partial charge in [0.1, 0.15) is 5.75 Å². The van der Waals surface area contributed by atoms with E-state index >= 15 is 0 Å². The Hall–Kier alpha value is 0.650. The molecule has 1 amide bonds. The molecule has 0 aliphatic rings. The van der Waals surface area contributed by atoms with Gasteiger partial charge in [0.05, 0.1) is 5.56 Å². The quantitative estimate of drug-likeness (QED) is 0.173. The summed E-state index contributed by atoms with van der Waals surface area (Å²) in [7, 11) is -4.69. The molecule has 0 saturated carbocycles. The first-order chi connectivity index (χ1) is 11.4. The van der Waals surface area contributed by atoms with E-state index in [1.807, 2.05) is 6.07 Å². The minimum absolute atomic E-state index is 0.108. The minimum atomic E-state index is -4.69. The second-order valence-electron chi connectivity index (χ2n) is 5.40. The summed E-state index contributed by atoms with van der Waals surface area (Å²) in [6, 6.07) is 3.75. The van der Waals surface area contributed by atoms with Gasteiger partial charge in [0.25, 0.3) is 21.9 Å². The average Bonchev–Trinajstić information content (AvgIpc) is 2.43. The molecule has 0 saturated heterocycles. The van der Waals surface area contributed by atoms with E-state index < -0.39 is 28.2 Å². The first-order valence-electron chi connectivity index (χ1n) is 7.17. The fourth-order valence-corrected chi connectivity index (χ4v) is 5.12. The van der Waals surface area contributed by atoms with Crippen LogP contribution in [0.5, 0.6) is 0 Å². The van der Waals surface area contributed by atoms with Crippen molar-refractivity contribution in [3.05, 3.63) is 28.4 Å². The van der Waals surface area contributed by atoms with Crippen molar-refractivity contribution in [3.63, 3.8) is 0 Å². The number of benzene rings is 1. The first kappa shape index (κ1) is 23.7. The summed E-state index contributed by atoms with van der Waals surface area (Å²) in [5, 5.41) is 2.76. The Kier molecular flexibility index (Phi) is 9.73. The van der Waals surface area contributed by atoms with Gasteiger partial charge in [-0.1, -0.05) is 6.42 Å². The van der Waals surface area contributed by atoms with Crippen molar-refractivity contribution in [2.75, 3.05) is 12.3 Å². The Balaban J connectivity index is 2.36. The molecule has 0 aliphatic heterocycles. The maximum absolute atomic E-state index is 13.3. The topological polar surface area (TPSA) is 83.5 Å². The molecule has 1 rings (SSSR count). The number of alkyl halides is 2. The summed E-state index contributed by atoms with van der Waals surface area (Å²) in [4.78, 5) is 12.2. The molecule has 1 aromatic carbocycles. The molecule has 2 N–H and O–H groups in total. The summed E-state index contributed by atoms with van der Waals surface area (Å²) >= 11 is 6.40. The predicted octanol–water partition coefficient (Wildman–Crippen LogP) is 4.31. The van der Waals surface area contributed by atoms with Gasteiger partial charge < -0.3 is 5.32 Å². The second-order valence-corrected chi connectivity index (χ2v) is 10.3. The van der Waals surface area contributed by atoms with Crippen molar-refractivity contribution in [3.8, 4) is 0 Å². The normalized spacial score (nSPS) is 12.2. The van der Waals surface area contributed by atoms with Gasteiger partial charge in [-0.3, -0.25) is 9.35 Å². The van der Waals surface area contributed by atoms with E-state index in [1.165, 1.54) is 0 Å². The summed E-state index contributed by atoms with van der Waals surface area (Å²) in [6.07, 6.45) is 0.415. The Morgan fingerprint density at radius 1 is 1.16 bits per heavy atom. The number of hydrogen-bond acceptors (Lipinski definition) is 3. The lowest BCUT2D eigenvalue weighted by molar-refractivity contribution is 0.0127. The average molecular weight is 713 g/mol. The van der Waals surface area contributed by atoms with Crippen LogP contribution in [0.2, 0.25) is 0 Å². The van der Waals surface area contributed by atoms with Crippen molar-refractivity contribution >= 4 is 83.8 Å². The molecule has 0 aliphatic carbocycles. The smallest absolute Gasteiger partial charge is 0.270 e. The fraction of sp³-hybridized carbons (Fsp3) is 0.500. The Morgan fingerprint density at radius 2 is 1.80 bits per heavy atom. The van der Waals surface area contributed by atoms with Crippen LogP contribution in [0.3, 0.4) is 0 Å². The van der Waals surface area contributed by atoms with Crippen molar-refractivity contribution in [2.24, 2.45) is 0 Å². The van der Waals surface area contributed by atoms with E-state index in [0.29, 0.717) is 24.9 Å².